The van der Waals surface area contributed by atoms with Crippen molar-refractivity contribution in [1.82, 2.24) is 5.32 Å². The van der Waals surface area contributed by atoms with E-state index in [4.69, 9.17) is 9.47 Å². The van der Waals surface area contributed by atoms with Crippen LogP contribution in [0.4, 0.5) is 0 Å². The topological polar surface area (TPSA) is 98.8 Å². The maximum atomic E-state index is 12.8. The van der Waals surface area contributed by atoms with Gasteiger partial charge in [0.15, 0.2) is 9.84 Å². The van der Waals surface area contributed by atoms with Gasteiger partial charge >= 0.3 is 11.9 Å². The maximum absolute atomic E-state index is 12.8. The SMILES string of the molecule is CCOC(=O)C1CCNC1c1cc(C(=O)OC)ccc1S(=O)(=O)C(C)C.Cl. The smallest absolute Gasteiger partial charge is 0.337 e. The van der Waals surface area contributed by atoms with Crippen LogP contribution in [0.15, 0.2) is 23.1 Å². The lowest BCUT2D eigenvalue weighted by atomic mass is 9.93. The fraction of sp³-hybridized carbons (Fsp3) is 0.556. The van der Waals surface area contributed by atoms with Crippen molar-refractivity contribution in [2.45, 2.75) is 43.4 Å². The van der Waals surface area contributed by atoms with E-state index in [0.717, 1.165) is 0 Å². The fourth-order valence-electron chi connectivity index (χ4n) is 3.08. The zero-order valence-corrected chi connectivity index (χ0v) is 17.5. The lowest BCUT2D eigenvalue weighted by Gasteiger charge is -2.23. The minimum atomic E-state index is -3.60. The number of carbonyl (C=O) groups is 2. The Morgan fingerprint density at radius 3 is 2.52 bits per heavy atom. The van der Waals surface area contributed by atoms with Gasteiger partial charge in [-0.25, -0.2) is 13.2 Å². The molecule has 2 rings (SSSR count). The van der Waals surface area contributed by atoms with E-state index in [1.54, 1.807) is 20.8 Å². The normalized spacial score (nSPS) is 19.4. The second-order valence-electron chi connectivity index (χ2n) is 6.42. The Hall–Kier alpha value is -1.64. The average molecular weight is 420 g/mol. The van der Waals surface area contributed by atoms with E-state index >= 15 is 0 Å². The van der Waals surface area contributed by atoms with E-state index in [2.05, 4.69) is 5.32 Å². The van der Waals surface area contributed by atoms with Gasteiger partial charge in [0, 0.05) is 6.04 Å². The van der Waals surface area contributed by atoms with E-state index in [1.807, 2.05) is 0 Å². The Morgan fingerprint density at radius 1 is 1.30 bits per heavy atom. The summed E-state index contributed by atoms with van der Waals surface area (Å²) in [5, 5.41) is 2.55. The van der Waals surface area contributed by atoms with Crippen molar-refractivity contribution in [3.8, 4) is 0 Å². The largest absolute Gasteiger partial charge is 0.466 e. The summed E-state index contributed by atoms with van der Waals surface area (Å²) in [4.78, 5) is 24.3. The first-order valence-electron chi connectivity index (χ1n) is 8.60. The highest BCUT2D eigenvalue weighted by Gasteiger charge is 2.38. The summed E-state index contributed by atoms with van der Waals surface area (Å²) in [6.07, 6.45) is 0.535. The molecule has 0 bridgehead atoms. The summed E-state index contributed by atoms with van der Waals surface area (Å²) in [6.45, 7) is 5.72. The maximum Gasteiger partial charge on any atom is 0.337 e. The van der Waals surface area contributed by atoms with Gasteiger partial charge in [-0.3, -0.25) is 4.79 Å². The average Bonchev–Trinajstić information content (AvgIpc) is 3.10. The number of nitrogens with one attached hydrogen (secondary N) is 1. The van der Waals surface area contributed by atoms with Gasteiger partial charge in [-0.05, 0) is 57.5 Å². The van der Waals surface area contributed by atoms with Crippen molar-refractivity contribution in [3.05, 3.63) is 29.3 Å². The minimum absolute atomic E-state index is 0. The van der Waals surface area contributed by atoms with Crippen LogP contribution >= 0.6 is 12.4 Å². The molecule has 27 heavy (non-hydrogen) atoms. The Balaban J connectivity index is 0.00000364. The molecule has 1 heterocycles. The summed E-state index contributed by atoms with van der Waals surface area (Å²) < 4.78 is 35.5. The molecule has 1 aliphatic rings. The van der Waals surface area contributed by atoms with E-state index in [1.165, 1.54) is 25.3 Å². The molecule has 0 amide bonds. The molecule has 0 saturated carbocycles. The van der Waals surface area contributed by atoms with E-state index in [-0.39, 0.29) is 35.4 Å². The van der Waals surface area contributed by atoms with Crippen LogP contribution < -0.4 is 5.32 Å². The molecule has 1 aromatic carbocycles. The number of esters is 2. The van der Waals surface area contributed by atoms with Crippen LogP contribution in [0.3, 0.4) is 0 Å². The number of halogens is 1. The molecule has 0 aliphatic carbocycles. The molecular weight excluding hydrogens is 394 g/mol. The van der Waals surface area contributed by atoms with Crippen molar-refractivity contribution in [2.75, 3.05) is 20.3 Å². The molecule has 1 fully saturated rings. The lowest BCUT2D eigenvalue weighted by Crippen LogP contribution is -2.28. The van der Waals surface area contributed by atoms with Crippen LogP contribution in [-0.4, -0.2) is 45.9 Å². The Morgan fingerprint density at radius 2 is 1.96 bits per heavy atom. The third-order valence-corrected chi connectivity index (χ3v) is 6.73. The lowest BCUT2D eigenvalue weighted by molar-refractivity contribution is -0.148. The predicted octanol–water partition coefficient (Wildman–Crippen LogP) is 2.29. The number of carbonyl (C=O) groups excluding carboxylic acids is 2. The van der Waals surface area contributed by atoms with Crippen LogP contribution in [0.5, 0.6) is 0 Å². The first kappa shape index (κ1) is 23.4. The van der Waals surface area contributed by atoms with Crippen LogP contribution in [0.25, 0.3) is 0 Å². The quantitative estimate of drug-likeness (QED) is 0.706. The molecule has 1 aromatic rings. The highest BCUT2D eigenvalue weighted by Crippen LogP contribution is 2.36. The number of benzene rings is 1. The van der Waals surface area contributed by atoms with Crippen LogP contribution in [0, 0.1) is 5.92 Å². The molecule has 1 aliphatic heterocycles. The molecule has 7 nitrogen and oxygen atoms in total. The summed E-state index contributed by atoms with van der Waals surface area (Å²) in [6, 6.07) is 3.80. The van der Waals surface area contributed by atoms with E-state index in [0.29, 0.717) is 18.5 Å². The first-order chi connectivity index (χ1) is 12.2. The number of sulfone groups is 1. The molecular formula is C18H26ClNO6S. The highest BCUT2D eigenvalue weighted by atomic mass is 35.5. The van der Waals surface area contributed by atoms with Crippen LogP contribution in [0.1, 0.15) is 49.2 Å². The third kappa shape index (κ3) is 4.80. The Bertz CT molecular complexity index is 793. The van der Waals surface area contributed by atoms with Crippen LogP contribution in [-0.2, 0) is 24.1 Å². The summed E-state index contributed by atoms with van der Waals surface area (Å²) >= 11 is 0. The third-order valence-electron chi connectivity index (χ3n) is 4.50. The van der Waals surface area contributed by atoms with Gasteiger partial charge in [-0.1, -0.05) is 0 Å². The number of ether oxygens (including phenoxy) is 2. The standard InChI is InChI=1S/C18H25NO6S.ClH/c1-5-25-18(21)13-8-9-19-16(13)14-10-12(17(20)24-4)6-7-15(14)26(22,23)11(2)3;/h6-7,10-11,13,16,19H,5,8-9H2,1-4H3;1H. The Labute approximate surface area is 166 Å². The van der Waals surface area contributed by atoms with E-state index < -0.39 is 33.0 Å². The molecule has 0 aromatic heterocycles. The van der Waals surface area contributed by atoms with Gasteiger partial charge < -0.3 is 14.8 Å². The molecule has 1 N–H and O–H groups in total. The highest BCUT2D eigenvalue weighted by molar-refractivity contribution is 7.92. The van der Waals surface area contributed by atoms with Gasteiger partial charge in [0.25, 0.3) is 0 Å². The molecule has 2 unspecified atom stereocenters. The van der Waals surface area contributed by atoms with Crippen molar-refractivity contribution < 1.29 is 27.5 Å². The van der Waals surface area contributed by atoms with Gasteiger partial charge in [0.1, 0.15) is 0 Å². The molecule has 152 valence electrons. The van der Waals surface area contributed by atoms with E-state index in [9.17, 15) is 18.0 Å². The summed E-state index contributed by atoms with van der Waals surface area (Å²) in [5.41, 5.74) is 0.638. The van der Waals surface area contributed by atoms with Crippen molar-refractivity contribution in [2.24, 2.45) is 5.92 Å². The molecule has 1 saturated heterocycles. The molecule has 0 radical (unpaired) electrons. The minimum Gasteiger partial charge on any atom is -0.466 e. The number of hydrogen-bond acceptors (Lipinski definition) is 7. The van der Waals surface area contributed by atoms with Gasteiger partial charge in [0.05, 0.1) is 35.3 Å². The fourth-order valence-corrected chi connectivity index (χ4v) is 4.36. The zero-order valence-electron chi connectivity index (χ0n) is 15.9. The second-order valence-corrected chi connectivity index (χ2v) is 8.89. The van der Waals surface area contributed by atoms with Gasteiger partial charge in [0.2, 0.25) is 0 Å². The summed E-state index contributed by atoms with van der Waals surface area (Å²) in [5.74, 6) is -1.45. The van der Waals surface area contributed by atoms with Crippen LogP contribution in [0.2, 0.25) is 0 Å². The molecule has 0 spiro atoms. The van der Waals surface area contributed by atoms with Gasteiger partial charge in [-0.2, -0.15) is 0 Å². The number of rotatable bonds is 6. The summed E-state index contributed by atoms with van der Waals surface area (Å²) in [7, 11) is -2.34. The first-order valence-corrected chi connectivity index (χ1v) is 10.1. The number of hydrogen-bond donors (Lipinski definition) is 1. The Kier molecular flexibility index (Phi) is 8.25. The second kappa shape index (κ2) is 9.52. The predicted molar refractivity (Wildman–Crippen MR) is 103 cm³/mol. The molecule has 9 heteroatoms. The van der Waals surface area contributed by atoms with Gasteiger partial charge in [-0.15, -0.1) is 12.4 Å². The molecule has 2 atom stereocenters. The monoisotopic (exact) mass is 419 g/mol. The zero-order chi connectivity index (χ0) is 19.5. The van der Waals surface area contributed by atoms with Crippen molar-refractivity contribution in [3.63, 3.8) is 0 Å². The number of methoxy groups -OCH3 is 1. The van der Waals surface area contributed by atoms with Crippen molar-refractivity contribution >= 4 is 34.2 Å². The van der Waals surface area contributed by atoms with Crippen molar-refractivity contribution in [1.29, 1.82) is 0 Å².